The molecule has 4 aromatic rings. The number of carbonyl (C=O) groups is 1. The molecule has 168 valence electrons. The van der Waals surface area contributed by atoms with Crippen LogP contribution in [-0.2, 0) is 11.2 Å². The summed E-state index contributed by atoms with van der Waals surface area (Å²) in [4.78, 5) is 22.3. The Bertz CT molecular complexity index is 1320. The fourth-order valence-electron chi connectivity index (χ4n) is 4.08. The van der Waals surface area contributed by atoms with E-state index >= 15 is 0 Å². The molecule has 0 radical (unpaired) electrons. The van der Waals surface area contributed by atoms with Crippen molar-refractivity contribution in [3.05, 3.63) is 70.9 Å². The van der Waals surface area contributed by atoms with Crippen LogP contribution < -0.4 is 10.3 Å². The Morgan fingerprint density at radius 2 is 1.97 bits per heavy atom. The summed E-state index contributed by atoms with van der Waals surface area (Å²) >= 11 is 1.47. The number of hydrazine groups is 1. The number of H-pyrrole nitrogens is 1. The summed E-state index contributed by atoms with van der Waals surface area (Å²) in [5, 5.41) is 12.9. The topological polar surface area (TPSA) is 89.5 Å². The van der Waals surface area contributed by atoms with Gasteiger partial charge in [-0.15, -0.1) is 10.2 Å². The van der Waals surface area contributed by atoms with Gasteiger partial charge in [-0.3, -0.25) is 10.2 Å². The first kappa shape index (κ1) is 21.1. The van der Waals surface area contributed by atoms with Crippen molar-refractivity contribution in [1.29, 1.82) is 0 Å². The summed E-state index contributed by atoms with van der Waals surface area (Å²) < 4.78 is 0. The lowest BCUT2D eigenvalue weighted by molar-refractivity contribution is -0.132. The summed E-state index contributed by atoms with van der Waals surface area (Å²) in [6.07, 6.45) is 3.31. The van der Waals surface area contributed by atoms with Crippen molar-refractivity contribution in [1.82, 2.24) is 25.6 Å². The SMILES string of the molecule is CC(=O)N1N/C(=N\c2nnc(Cc3c[nH]c4ccccc34)s2)CC1c1ccc(N(C)C)cc1. The first-order valence-corrected chi connectivity index (χ1v) is 11.6. The van der Waals surface area contributed by atoms with E-state index < -0.39 is 0 Å². The zero-order valence-electron chi connectivity index (χ0n) is 18.7. The largest absolute Gasteiger partial charge is 0.378 e. The lowest BCUT2D eigenvalue weighted by Gasteiger charge is -2.23. The van der Waals surface area contributed by atoms with E-state index in [0.29, 0.717) is 23.8 Å². The second-order valence-electron chi connectivity index (χ2n) is 8.28. The Kier molecular flexibility index (Phi) is 5.55. The average Bonchev–Trinajstić information content (AvgIpc) is 3.54. The van der Waals surface area contributed by atoms with Crippen LogP contribution in [0.15, 0.2) is 59.7 Å². The van der Waals surface area contributed by atoms with E-state index in [1.165, 1.54) is 22.3 Å². The lowest BCUT2D eigenvalue weighted by Crippen LogP contribution is -2.38. The van der Waals surface area contributed by atoms with Gasteiger partial charge in [-0.25, -0.2) is 10.0 Å². The minimum Gasteiger partial charge on any atom is -0.378 e. The number of nitrogens with zero attached hydrogens (tertiary/aromatic N) is 5. The third kappa shape index (κ3) is 4.31. The van der Waals surface area contributed by atoms with Gasteiger partial charge >= 0.3 is 0 Å². The maximum Gasteiger partial charge on any atom is 0.238 e. The molecule has 1 atom stereocenters. The quantitative estimate of drug-likeness (QED) is 0.467. The number of amidine groups is 1. The van der Waals surface area contributed by atoms with Gasteiger partial charge in [-0.1, -0.05) is 41.7 Å². The van der Waals surface area contributed by atoms with Gasteiger partial charge in [-0.05, 0) is 29.3 Å². The second-order valence-corrected chi connectivity index (χ2v) is 9.32. The van der Waals surface area contributed by atoms with Gasteiger partial charge < -0.3 is 9.88 Å². The Hall–Kier alpha value is -3.72. The fourth-order valence-corrected chi connectivity index (χ4v) is 4.84. The molecular weight excluding hydrogens is 434 g/mol. The van der Waals surface area contributed by atoms with E-state index in [2.05, 4.69) is 66.9 Å². The molecule has 2 aromatic heterocycles. The van der Waals surface area contributed by atoms with Crippen LogP contribution in [0.5, 0.6) is 0 Å². The van der Waals surface area contributed by atoms with Crippen LogP contribution in [0.2, 0.25) is 0 Å². The number of hydrogen-bond acceptors (Lipinski definition) is 6. The van der Waals surface area contributed by atoms with Crippen molar-refractivity contribution in [3.63, 3.8) is 0 Å². The smallest absolute Gasteiger partial charge is 0.238 e. The molecule has 0 aliphatic carbocycles. The van der Waals surface area contributed by atoms with E-state index in [1.807, 2.05) is 32.4 Å². The Morgan fingerprint density at radius 3 is 2.73 bits per heavy atom. The van der Waals surface area contributed by atoms with Gasteiger partial charge in [0.1, 0.15) is 10.8 Å². The monoisotopic (exact) mass is 459 g/mol. The van der Waals surface area contributed by atoms with E-state index in [1.54, 1.807) is 11.9 Å². The Balaban J connectivity index is 1.34. The normalized spacial score (nSPS) is 17.0. The minimum atomic E-state index is -0.115. The molecule has 1 saturated heterocycles. The number of aliphatic imine (C=N–C) groups is 1. The molecule has 5 rings (SSSR count). The molecule has 1 aliphatic heterocycles. The third-order valence-electron chi connectivity index (χ3n) is 5.78. The summed E-state index contributed by atoms with van der Waals surface area (Å²) in [6, 6.07) is 16.3. The summed E-state index contributed by atoms with van der Waals surface area (Å²) in [6.45, 7) is 1.56. The molecule has 3 heterocycles. The first-order chi connectivity index (χ1) is 16.0. The van der Waals surface area contributed by atoms with Crippen LogP contribution in [-0.4, -0.2) is 46.0 Å². The number of hydrogen-bond donors (Lipinski definition) is 2. The van der Waals surface area contributed by atoms with Crippen molar-refractivity contribution in [3.8, 4) is 0 Å². The van der Waals surface area contributed by atoms with Gasteiger partial charge in [0.25, 0.3) is 0 Å². The number of carbonyl (C=O) groups excluding carboxylic acids is 1. The van der Waals surface area contributed by atoms with Crippen molar-refractivity contribution in [2.45, 2.75) is 25.8 Å². The van der Waals surface area contributed by atoms with Crippen LogP contribution >= 0.6 is 11.3 Å². The van der Waals surface area contributed by atoms with E-state index in [9.17, 15) is 4.79 Å². The summed E-state index contributed by atoms with van der Waals surface area (Å²) in [5.74, 6) is 0.654. The molecule has 2 aromatic carbocycles. The van der Waals surface area contributed by atoms with Crippen molar-refractivity contribution < 1.29 is 4.79 Å². The minimum absolute atomic E-state index is 0.0563. The molecule has 0 bridgehead atoms. The number of nitrogens with one attached hydrogen (secondary N) is 2. The molecular formula is C24H25N7OS. The zero-order chi connectivity index (χ0) is 22.9. The van der Waals surface area contributed by atoms with E-state index in [4.69, 9.17) is 0 Å². The predicted octanol–water partition coefficient (Wildman–Crippen LogP) is 4.20. The van der Waals surface area contributed by atoms with Crippen LogP contribution in [0.25, 0.3) is 10.9 Å². The molecule has 8 nitrogen and oxygen atoms in total. The molecule has 1 amide bonds. The Labute approximate surface area is 195 Å². The molecule has 0 saturated carbocycles. The maximum atomic E-state index is 12.3. The van der Waals surface area contributed by atoms with Crippen molar-refractivity contribution >= 4 is 44.8 Å². The van der Waals surface area contributed by atoms with Gasteiger partial charge in [0.15, 0.2) is 0 Å². The number of rotatable bonds is 5. The summed E-state index contributed by atoms with van der Waals surface area (Å²) in [5.41, 5.74) is 7.63. The van der Waals surface area contributed by atoms with Crippen molar-refractivity contribution in [2.75, 3.05) is 19.0 Å². The highest BCUT2D eigenvalue weighted by molar-refractivity contribution is 7.15. The third-order valence-corrected chi connectivity index (χ3v) is 6.60. The number of benzene rings is 2. The maximum absolute atomic E-state index is 12.3. The molecule has 9 heteroatoms. The van der Waals surface area contributed by atoms with Crippen molar-refractivity contribution in [2.24, 2.45) is 4.99 Å². The van der Waals surface area contributed by atoms with Gasteiger partial charge in [-0.2, -0.15) is 0 Å². The predicted molar refractivity (Wildman–Crippen MR) is 132 cm³/mol. The number of aromatic nitrogens is 3. The highest BCUT2D eigenvalue weighted by Crippen LogP contribution is 2.31. The standard InChI is InChI=1S/C24H25N7OS/c1-15(32)31-21(16-8-10-18(11-9-16)30(2)3)13-22(29-31)26-24-28-27-23(33-24)12-17-14-25-20-7-5-4-6-19(17)20/h4-11,14,21,25H,12-13H2,1-3H3,(H,26,28,29). The first-order valence-electron chi connectivity index (χ1n) is 10.8. The Morgan fingerprint density at radius 1 is 1.18 bits per heavy atom. The zero-order valence-corrected chi connectivity index (χ0v) is 19.6. The lowest BCUT2D eigenvalue weighted by atomic mass is 10.0. The van der Waals surface area contributed by atoms with E-state index in [-0.39, 0.29) is 11.9 Å². The average molecular weight is 460 g/mol. The second kappa shape index (κ2) is 8.67. The number of amides is 1. The van der Waals surface area contributed by atoms with Crippen LogP contribution in [0.4, 0.5) is 10.8 Å². The van der Waals surface area contributed by atoms with Crippen LogP contribution in [0, 0.1) is 0 Å². The van der Waals surface area contributed by atoms with Gasteiger partial charge in [0.2, 0.25) is 11.0 Å². The molecule has 0 spiro atoms. The fraction of sp³-hybridized carbons (Fsp3) is 0.250. The number of aromatic amines is 1. The molecule has 33 heavy (non-hydrogen) atoms. The molecule has 1 fully saturated rings. The van der Waals surface area contributed by atoms with Gasteiger partial charge in [0.05, 0.1) is 6.04 Å². The van der Waals surface area contributed by atoms with E-state index in [0.717, 1.165) is 21.8 Å². The van der Waals surface area contributed by atoms with Gasteiger partial charge in [0, 0.05) is 56.6 Å². The number of fused-ring (bicyclic) bond motifs is 1. The molecule has 1 aliphatic rings. The van der Waals surface area contributed by atoms with Crippen LogP contribution in [0.1, 0.15) is 35.5 Å². The summed E-state index contributed by atoms with van der Waals surface area (Å²) in [7, 11) is 4.02. The molecule has 2 N–H and O–H groups in total. The number of para-hydroxylation sites is 1. The molecule has 1 unspecified atom stereocenters. The number of anilines is 1. The highest BCUT2D eigenvalue weighted by Gasteiger charge is 2.32. The highest BCUT2D eigenvalue weighted by atomic mass is 32.1. The van der Waals surface area contributed by atoms with Crippen LogP contribution in [0.3, 0.4) is 0 Å².